The van der Waals surface area contributed by atoms with E-state index < -0.39 is 11.8 Å². The number of hydrogen-bond donors (Lipinski definition) is 1. The zero-order valence-electron chi connectivity index (χ0n) is 8.86. The van der Waals surface area contributed by atoms with Gasteiger partial charge < -0.3 is 10.2 Å². The molecule has 4 heteroatoms. The van der Waals surface area contributed by atoms with Crippen LogP contribution in [0.3, 0.4) is 0 Å². The average Bonchev–Trinajstić information content (AvgIpc) is 2.28. The molecule has 4 nitrogen and oxygen atoms in total. The Hall–Kier alpha value is -1.84. The predicted octanol–water partition coefficient (Wildman–Crippen LogP) is 0.391. The molecule has 0 bridgehead atoms. The molecular formula is C11H14N2O2. The minimum atomic E-state index is -0.589. The number of benzene rings is 1. The van der Waals surface area contributed by atoms with Gasteiger partial charge in [0.25, 0.3) is 0 Å². The van der Waals surface area contributed by atoms with Crippen LogP contribution in [0, 0.1) is 0 Å². The van der Waals surface area contributed by atoms with Gasteiger partial charge >= 0.3 is 11.8 Å². The van der Waals surface area contributed by atoms with E-state index in [9.17, 15) is 9.59 Å². The smallest absolute Gasteiger partial charge is 0.311 e. The Labute approximate surface area is 88.9 Å². The topological polar surface area (TPSA) is 49.4 Å². The maximum Gasteiger partial charge on any atom is 0.311 e. The molecule has 0 unspecified atom stereocenters. The first-order chi connectivity index (χ1) is 7.15. The minimum Gasteiger partial charge on any atom is -0.351 e. The molecule has 0 spiro atoms. The van der Waals surface area contributed by atoms with Crippen molar-refractivity contribution >= 4 is 11.8 Å². The SMILES string of the molecule is CNC(=O)C(=O)N(C)Cc1ccccc1. The van der Waals surface area contributed by atoms with Gasteiger partial charge in [0.2, 0.25) is 0 Å². The first-order valence-electron chi connectivity index (χ1n) is 4.66. The summed E-state index contributed by atoms with van der Waals surface area (Å²) in [7, 11) is 3.04. The van der Waals surface area contributed by atoms with Gasteiger partial charge in [0.1, 0.15) is 0 Å². The van der Waals surface area contributed by atoms with Gasteiger partial charge in [0, 0.05) is 20.6 Å². The van der Waals surface area contributed by atoms with Crippen molar-refractivity contribution in [2.24, 2.45) is 0 Å². The number of hydrogen-bond acceptors (Lipinski definition) is 2. The van der Waals surface area contributed by atoms with Gasteiger partial charge in [-0.3, -0.25) is 9.59 Å². The van der Waals surface area contributed by atoms with E-state index >= 15 is 0 Å². The summed E-state index contributed by atoms with van der Waals surface area (Å²) in [5.74, 6) is -1.12. The van der Waals surface area contributed by atoms with Crippen molar-refractivity contribution in [3.63, 3.8) is 0 Å². The highest BCUT2D eigenvalue weighted by atomic mass is 16.2. The Bertz CT molecular complexity index is 349. The summed E-state index contributed by atoms with van der Waals surface area (Å²) < 4.78 is 0. The zero-order chi connectivity index (χ0) is 11.3. The summed E-state index contributed by atoms with van der Waals surface area (Å²) in [6.45, 7) is 0.438. The Morgan fingerprint density at radius 2 is 1.87 bits per heavy atom. The fourth-order valence-electron chi connectivity index (χ4n) is 1.21. The van der Waals surface area contributed by atoms with Crippen molar-refractivity contribution in [1.29, 1.82) is 0 Å². The Morgan fingerprint density at radius 1 is 1.27 bits per heavy atom. The van der Waals surface area contributed by atoms with Crippen LogP contribution in [-0.2, 0) is 16.1 Å². The molecule has 1 aromatic rings. The monoisotopic (exact) mass is 206 g/mol. The van der Waals surface area contributed by atoms with E-state index in [0.29, 0.717) is 6.54 Å². The Balaban J connectivity index is 2.60. The van der Waals surface area contributed by atoms with Crippen LogP contribution in [0.25, 0.3) is 0 Å². The van der Waals surface area contributed by atoms with Crippen LogP contribution in [0.5, 0.6) is 0 Å². The van der Waals surface area contributed by atoms with Crippen LogP contribution < -0.4 is 5.32 Å². The minimum absolute atomic E-state index is 0.438. The number of likely N-dealkylation sites (N-methyl/N-ethyl adjacent to an activating group) is 2. The third kappa shape index (κ3) is 3.09. The molecule has 0 atom stereocenters. The van der Waals surface area contributed by atoms with Crippen LogP contribution in [0.2, 0.25) is 0 Å². The molecule has 80 valence electrons. The molecule has 0 heterocycles. The van der Waals surface area contributed by atoms with E-state index in [0.717, 1.165) is 5.56 Å². The van der Waals surface area contributed by atoms with Crippen LogP contribution >= 0.6 is 0 Å². The highest BCUT2D eigenvalue weighted by molar-refractivity contribution is 6.34. The number of carbonyl (C=O) groups is 2. The first-order valence-corrected chi connectivity index (χ1v) is 4.66. The number of amides is 2. The van der Waals surface area contributed by atoms with Crippen LogP contribution in [-0.4, -0.2) is 30.8 Å². The summed E-state index contributed by atoms with van der Waals surface area (Å²) in [4.78, 5) is 23.8. The molecule has 0 aliphatic rings. The van der Waals surface area contributed by atoms with Crippen molar-refractivity contribution in [2.45, 2.75) is 6.54 Å². The van der Waals surface area contributed by atoms with Crippen LogP contribution in [0.4, 0.5) is 0 Å². The quantitative estimate of drug-likeness (QED) is 0.712. The predicted molar refractivity (Wildman–Crippen MR) is 57.0 cm³/mol. The molecular weight excluding hydrogens is 192 g/mol. The molecule has 1 rings (SSSR count). The molecule has 0 fully saturated rings. The molecule has 1 aromatic carbocycles. The lowest BCUT2D eigenvalue weighted by Gasteiger charge is -2.15. The van der Waals surface area contributed by atoms with E-state index in [1.54, 1.807) is 7.05 Å². The van der Waals surface area contributed by atoms with E-state index in [-0.39, 0.29) is 0 Å². The Morgan fingerprint density at radius 3 is 2.40 bits per heavy atom. The maximum absolute atomic E-state index is 11.4. The molecule has 1 N–H and O–H groups in total. The van der Waals surface area contributed by atoms with Crippen molar-refractivity contribution in [2.75, 3.05) is 14.1 Å². The maximum atomic E-state index is 11.4. The fraction of sp³-hybridized carbons (Fsp3) is 0.273. The van der Waals surface area contributed by atoms with Crippen molar-refractivity contribution < 1.29 is 9.59 Å². The molecule has 0 aromatic heterocycles. The van der Waals surface area contributed by atoms with Gasteiger partial charge in [-0.25, -0.2) is 0 Å². The van der Waals surface area contributed by atoms with Crippen molar-refractivity contribution in [3.05, 3.63) is 35.9 Å². The van der Waals surface area contributed by atoms with Gasteiger partial charge in [0.05, 0.1) is 0 Å². The molecule has 15 heavy (non-hydrogen) atoms. The molecule has 0 aliphatic heterocycles. The molecule has 0 saturated carbocycles. The third-order valence-corrected chi connectivity index (χ3v) is 2.03. The second kappa shape index (κ2) is 5.14. The van der Waals surface area contributed by atoms with E-state index in [1.807, 2.05) is 30.3 Å². The summed E-state index contributed by atoms with van der Waals surface area (Å²) in [6.07, 6.45) is 0. The summed E-state index contributed by atoms with van der Waals surface area (Å²) >= 11 is 0. The molecule has 0 radical (unpaired) electrons. The van der Waals surface area contributed by atoms with E-state index in [4.69, 9.17) is 0 Å². The normalized spacial score (nSPS) is 9.47. The van der Waals surface area contributed by atoms with Gasteiger partial charge in [0.15, 0.2) is 0 Å². The van der Waals surface area contributed by atoms with Crippen LogP contribution in [0.15, 0.2) is 30.3 Å². The highest BCUT2D eigenvalue weighted by Gasteiger charge is 2.16. The standard InChI is InChI=1S/C11H14N2O2/c1-12-10(14)11(15)13(2)8-9-6-4-3-5-7-9/h3-7H,8H2,1-2H3,(H,12,14). The van der Waals surface area contributed by atoms with E-state index in [1.165, 1.54) is 11.9 Å². The number of nitrogens with one attached hydrogen (secondary N) is 1. The molecule has 0 aliphatic carbocycles. The molecule has 0 saturated heterocycles. The van der Waals surface area contributed by atoms with Crippen molar-refractivity contribution in [3.8, 4) is 0 Å². The number of rotatable bonds is 2. The lowest BCUT2D eigenvalue weighted by atomic mass is 10.2. The Kier molecular flexibility index (Phi) is 3.85. The number of carbonyl (C=O) groups excluding carboxylic acids is 2. The second-order valence-electron chi connectivity index (χ2n) is 3.23. The zero-order valence-corrected chi connectivity index (χ0v) is 8.86. The van der Waals surface area contributed by atoms with Crippen molar-refractivity contribution in [1.82, 2.24) is 10.2 Å². The largest absolute Gasteiger partial charge is 0.351 e. The average molecular weight is 206 g/mol. The summed E-state index contributed by atoms with van der Waals surface area (Å²) in [5.41, 5.74) is 0.997. The van der Waals surface area contributed by atoms with Gasteiger partial charge in [-0.05, 0) is 5.56 Å². The number of nitrogens with zero attached hydrogens (tertiary/aromatic N) is 1. The van der Waals surface area contributed by atoms with Crippen LogP contribution in [0.1, 0.15) is 5.56 Å². The lowest BCUT2D eigenvalue weighted by molar-refractivity contribution is -0.145. The third-order valence-electron chi connectivity index (χ3n) is 2.03. The fourth-order valence-corrected chi connectivity index (χ4v) is 1.21. The second-order valence-corrected chi connectivity index (χ2v) is 3.23. The lowest BCUT2D eigenvalue weighted by Crippen LogP contribution is -2.39. The van der Waals surface area contributed by atoms with Gasteiger partial charge in [-0.1, -0.05) is 30.3 Å². The molecule has 2 amide bonds. The summed E-state index contributed by atoms with van der Waals surface area (Å²) in [5, 5.41) is 2.30. The highest BCUT2D eigenvalue weighted by Crippen LogP contribution is 2.02. The van der Waals surface area contributed by atoms with Gasteiger partial charge in [-0.2, -0.15) is 0 Å². The first kappa shape index (κ1) is 11.2. The van der Waals surface area contributed by atoms with Gasteiger partial charge in [-0.15, -0.1) is 0 Å². The summed E-state index contributed by atoms with van der Waals surface area (Å²) in [6, 6.07) is 9.52. The van der Waals surface area contributed by atoms with E-state index in [2.05, 4.69) is 5.32 Å².